The fraction of sp³-hybridized carbons (Fsp3) is 0.130. The third-order valence-electron chi connectivity index (χ3n) is 4.49. The van der Waals surface area contributed by atoms with Crippen LogP contribution in [0.1, 0.15) is 20.7 Å². The number of hydrogen-bond acceptors (Lipinski definition) is 5. The first kappa shape index (κ1) is 22.9. The van der Waals surface area contributed by atoms with E-state index in [1.807, 2.05) is 0 Å². The number of carbonyl (C=O) groups is 2. The molecule has 0 aliphatic heterocycles. The standard InChI is InChI=1S/C23H20ClFN2O5/c1-30-19-10-14(11-20(31-2)21(19)32-3)23(29)26-15-6-4-5-13(9-15)22(28)27-16-7-8-18(25)17(24)12-16/h4-12H,1-3H3,(H,26,29)(H,27,28). The van der Waals surface area contributed by atoms with Crippen molar-refractivity contribution < 1.29 is 28.2 Å². The van der Waals surface area contributed by atoms with E-state index < -0.39 is 17.6 Å². The lowest BCUT2D eigenvalue weighted by molar-refractivity contribution is 0.101. The number of halogens is 2. The van der Waals surface area contributed by atoms with E-state index in [0.29, 0.717) is 28.6 Å². The third kappa shape index (κ3) is 5.09. The fourth-order valence-corrected chi connectivity index (χ4v) is 3.11. The Kier molecular flexibility index (Phi) is 7.17. The summed E-state index contributed by atoms with van der Waals surface area (Å²) in [7, 11) is 4.38. The molecule has 0 saturated heterocycles. The van der Waals surface area contributed by atoms with Crippen molar-refractivity contribution in [3.8, 4) is 17.2 Å². The van der Waals surface area contributed by atoms with Crippen molar-refractivity contribution in [1.29, 1.82) is 0 Å². The van der Waals surface area contributed by atoms with E-state index in [9.17, 15) is 14.0 Å². The highest BCUT2D eigenvalue weighted by Gasteiger charge is 2.17. The van der Waals surface area contributed by atoms with Crippen LogP contribution in [-0.4, -0.2) is 33.1 Å². The molecule has 0 aliphatic carbocycles. The number of benzene rings is 3. The average molecular weight is 459 g/mol. The van der Waals surface area contributed by atoms with Gasteiger partial charge in [0.25, 0.3) is 11.8 Å². The molecule has 0 atom stereocenters. The van der Waals surface area contributed by atoms with Crippen molar-refractivity contribution in [2.45, 2.75) is 0 Å². The molecule has 9 heteroatoms. The van der Waals surface area contributed by atoms with Gasteiger partial charge in [-0.2, -0.15) is 0 Å². The van der Waals surface area contributed by atoms with E-state index in [1.54, 1.807) is 18.2 Å². The summed E-state index contributed by atoms with van der Waals surface area (Å²) in [5.41, 5.74) is 1.30. The number of carbonyl (C=O) groups excluding carboxylic acids is 2. The van der Waals surface area contributed by atoms with Gasteiger partial charge in [-0.1, -0.05) is 17.7 Å². The molecule has 3 aromatic rings. The SMILES string of the molecule is COc1cc(C(=O)Nc2cccc(C(=O)Nc3ccc(F)c(Cl)c3)c2)cc(OC)c1OC. The smallest absolute Gasteiger partial charge is 0.255 e. The van der Waals surface area contributed by atoms with Gasteiger partial charge < -0.3 is 24.8 Å². The highest BCUT2D eigenvalue weighted by atomic mass is 35.5. The molecular weight excluding hydrogens is 439 g/mol. The summed E-state index contributed by atoms with van der Waals surface area (Å²) in [5.74, 6) is -0.429. The fourth-order valence-electron chi connectivity index (χ4n) is 2.93. The minimum absolute atomic E-state index is 0.103. The zero-order valence-corrected chi connectivity index (χ0v) is 18.2. The van der Waals surface area contributed by atoms with Crippen LogP contribution in [0.5, 0.6) is 17.2 Å². The summed E-state index contributed by atoms with van der Waals surface area (Å²) >= 11 is 5.75. The first-order valence-corrected chi connectivity index (χ1v) is 9.72. The van der Waals surface area contributed by atoms with E-state index in [-0.39, 0.29) is 16.1 Å². The highest BCUT2D eigenvalue weighted by Crippen LogP contribution is 2.38. The van der Waals surface area contributed by atoms with E-state index in [1.165, 1.54) is 51.7 Å². The van der Waals surface area contributed by atoms with Crippen LogP contribution in [0.4, 0.5) is 15.8 Å². The van der Waals surface area contributed by atoms with Gasteiger partial charge in [-0.3, -0.25) is 9.59 Å². The maximum Gasteiger partial charge on any atom is 0.255 e. The lowest BCUT2D eigenvalue weighted by Gasteiger charge is -2.14. The molecule has 3 aromatic carbocycles. The molecule has 0 unspecified atom stereocenters. The van der Waals surface area contributed by atoms with Crippen molar-refractivity contribution >= 4 is 34.8 Å². The average Bonchev–Trinajstić information content (AvgIpc) is 2.80. The van der Waals surface area contributed by atoms with Gasteiger partial charge in [0.15, 0.2) is 11.5 Å². The number of anilines is 2. The lowest BCUT2D eigenvalue weighted by atomic mass is 10.1. The van der Waals surface area contributed by atoms with Crippen LogP contribution < -0.4 is 24.8 Å². The number of ether oxygens (including phenoxy) is 3. The first-order chi connectivity index (χ1) is 15.4. The minimum Gasteiger partial charge on any atom is -0.493 e. The van der Waals surface area contributed by atoms with Gasteiger partial charge in [0.2, 0.25) is 5.75 Å². The van der Waals surface area contributed by atoms with Gasteiger partial charge in [-0.25, -0.2) is 4.39 Å². The summed E-state index contributed by atoms with van der Waals surface area (Å²) in [5, 5.41) is 5.26. The lowest BCUT2D eigenvalue weighted by Crippen LogP contribution is -2.15. The quantitative estimate of drug-likeness (QED) is 0.520. The van der Waals surface area contributed by atoms with E-state index >= 15 is 0 Å². The molecule has 0 spiro atoms. The largest absolute Gasteiger partial charge is 0.493 e. The van der Waals surface area contributed by atoms with Crippen molar-refractivity contribution in [3.05, 3.63) is 76.6 Å². The topological polar surface area (TPSA) is 85.9 Å². The zero-order valence-electron chi connectivity index (χ0n) is 17.5. The Hall–Kier alpha value is -3.78. The molecule has 0 radical (unpaired) electrons. The van der Waals surface area contributed by atoms with Gasteiger partial charge in [-0.05, 0) is 48.5 Å². The minimum atomic E-state index is -0.582. The normalized spacial score (nSPS) is 10.3. The summed E-state index contributed by atoms with van der Waals surface area (Å²) in [4.78, 5) is 25.3. The van der Waals surface area contributed by atoms with Gasteiger partial charge in [0, 0.05) is 22.5 Å². The van der Waals surface area contributed by atoms with E-state index in [2.05, 4.69) is 10.6 Å². The molecule has 32 heavy (non-hydrogen) atoms. The predicted molar refractivity (Wildman–Crippen MR) is 120 cm³/mol. The van der Waals surface area contributed by atoms with Crippen LogP contribution in [0, 0.1) is 5.82 Å². The van der Waals surface area contributed by atoms with Gasteiger partial charge >= 0.3 is 0 Å². The number of rotatable bonds is 7. The molecule has 2 N–H and O–H groups in total. The summed E-state index contributed by atoms with van der Waals surface area (Å²) < 4.78 is 29.1. The number of amides is 2. The van der Waals surface area contributed by atoms with Crippen LogP contribution in [-0.2, 0) is 0 Å². The van der Waals surface area contributed by atoms with Crippen LogP contribution >= 0.6 is 11.6 Å². The molecule has 166 valence electrons. The van der Waals surface area contributed by atoms with Crippen molar-refractivity contribution in [2.75, 3.05) is 32.0 Å². The Morgan fingerprint density at radius 3 is 1.94 bits per heavy atom. The number of nitrogens with one attached hydrogen (secondary N) is 2. The summed E-state index contributed by atoms with van der Waals surface area (Å²) in [6.07, 6.45) is 0. The van der Waals surface area contributed by atoms with Gasteiger partial charge in [-0.15, -0.1) is 0 Å². The summed E-state index contributed by atoms with van der Waals surface area (Å²) in [6, 6.07) is 13.3. The summed E-state index contributed by atoms with van der Waals surface area (Å²) in [6.45, 7) is 0. The van der Waals surface area contributed by atoms with Crippen LogP contribution in [0.25, 0.3) is 0 Å². The Morgan fingerprint density at radius 2 is 1.38 bits per heavy atom. The predicted octanol–water partition coefficient (Wildman–Crippen LogP) is 5.01. The van der Waals surface area contributed by atoms with Gasteiger partial charge in [0.1, 0.15) is 5.82 Å². The van der Waals surface area contributed by atoms with Crippen LogP contribution in [0.15, 0.2) is 54.6 Å². The van der Waals surface area contributed by atoms with Crippen molar-refractivity contribution in [1.82, 2.24) is 0 Å². The number of methoxy groups -OCH3 is 3. The molecule has 0 aliphatic rings. The molecule has 0 bridgehead atoms. The van der Waals surface area contributed by atoms with E-state index in [0.717, 1.165) is 6.07 Å². The second-order valence-electron chi connectivity index (χ2n) is 6.53. The van der Waals surface area contributed by atoms with E-state index in [4.69, 9.17) is 25.8 Å². The first-order valence-electron chi connectivity index (χ1n) is 9.34. The molecule has 0 aromatic heterocycles. The Labute approximate surface area is 189 Å². The molecule has 2 amide bonds. The van der Waals surface area contributed by atoms with Crippen molar-refractivity contribution in [2.24, 2.45) is 0 Å². The van der Waals surface area contributed by atoms with Crippen LogP contribution in [0.2, 0.25) is 5.02 Å². The highest BCUT2D eigenvalue weighted by molar-refractivity contribution is 6.31. The van der Waals surface area contributed by atoms with Gasteiger partial charge in [0.05, 0.1) is 26.4 Å². The van der Waals surface area contributed by atoms with Crippen molar-refractivity contribution in [3.63, 3.8) is 0 Å². The maximum atomic E-state index is 13.3. The molecule has 0 heterocycles. The van der Waals surface area contributed by atoms with Crippen LogP contribution in [0.3, 0.4) is 0 Å². The molecule has 0 saturated carbocycles. The number of hydrogen-bond donors (Lipinski definition) is 2. The Morgan fingerprint density at radius 1 is 0.781 bits per heavy atom. The molecule has 7 nitrogen and oxygen atoms in total. The Balaban J connectivity index is 1.79. The molecule has 3 rings (SSSR count). The molecule has 0 fully saturated rings. The monoisotopic (exact) mass is 458 g/mol. The second kappa shape index (κ2) is 10.0. The Bertz CT molecular complexity index is 1140. The zero-order chi connectivity index (χ0) is 23.3. The second-order valence-corrected chi connectivity index (χ2v) is 6.94. The molecular formula is C23H20ClFN2O5. The maximum absolute atomic E-state index is 13.3. The third-order valence-corrected chi connectivity index (χ3v) is 4.78.